The van der Waals surface area contributed by atoms with Crippen molar-refractivity contribution in [1.82, 2.24) is 20.0 Å². The minimum atomic E-state index is -1.11. The lowest BCUT2D eigenvalue weighted by Gasteiger charge is -2.44. The summed E-state index contributed by atoms with van der Waals surface area (Å²) >= 11 is 0. The van der Waals surface area contributed by atoms with Crippen LogP contribution in [0.3, 0.4) is 0 Å². The molecule has 214 valence electrons. The van der Waals surface area contributed by atoms with Crippen LogP contribution in [0.5, 0.6) is 5.75 Å². The van der Waals surface area contributed by atoms with Crippen molar-refractivity contribution in [2.75, 3.05) is 13.2 Å². The number of urea groups is 1. The molecule has 0 spiro atoms. The van der Waals surface area contributed by atoms with E-state index in [4.69, 9.17) is 0 Å². The summed E-state index contributed by atoms with van der Waals surface area (Å²) in [4.78, 5) is 46.0. The molecule has 6 rings (SSSR count). The van der Waals surface area contributed by atoms with E-state index in [1.54, 1.807) is 29.2 Å². The lowest BCUT2D eigenvalue weighted by molar-refractivity contribution is -0.153. The van der Waals surface area contributed by atoms with E-state index in [9.17, 15) is 24.6 Å². The van der Waals surface area contributed by atoms with Gasteiger partial charge < -0.3 is 25.3 Å². The standard InChI is InChI=1S/C33H32N4O5/c38-21-29-32(41)36-28(17-22-13-15-26(39)16-14-22)31(40)35(19-25-11-6-10-24-9-4-5-12-27(24)25)20-30(36)37(29)33(42)34-18-23-7-2-1-3-8-23/h1-16,28-30,38-39H,17-21H2,(H,34,42)/t28-,29-,30-/m0/s1. The summed E-state index contributed by atoms with van der Waals surface area (Å²) in [7, 11) is 0. The molecular weight excluding hydrogens is 532 g/mol. The zero-order valence-electron chi connectivity index (χ0n) is 23.0. The highest BCUT2D eigenvalue weighted by molar-refractivity contribution is 5.96. The second kappa shape index (κ2) is 11.5. The average Bonchev–Trinajstić information content (AvgIpc) is 3.30. The third kappa shape index (κ3) is 5.14. The van der Waals surface area contributed by atoms with Crippen LogP contribution in [0.15, 0.2) is 97.1 Å². The molecule has 9 nitrogen and oxygen atoms in total. The van der Waals surface area contributed by atoms with Crippen LogP contribution in [0.1, 0.15) is 16.7 Å². The Bertz CT molecular complexity index is 1600. The second-order valence-electron chi connectivity index (χ2n) is 10.7. The van der Waals surface area contributed by atoms with E-state index in [0.29, 0.717) is 6.54 Å². The van der Waals surface area contributed by atoms with Crippen molar-refractivity contribution in [3.63, 3.8) is 0 Å². The molecule has 42 heavy (non-hydrogen) atoms. The number of amides is 4. The smallest absolute Gasteiger partial charge is 0.320 e. The highest BCUT2D eigenvalue weighted by Crippen LogP contribution is 2.33. The van der Waals surface area contributed by atoms with Crippen molar-refractivity contribution in [3.8, 4) is 5.75 Å². The molecule has 0 aromatic heterocycles. The number of nitrogens with zero attached hydrogens (tertiary/aromatic N) is 3. The molecule has 0 aliphatic carbocycles. The van der Waals surface area contributed by atoms with Crippen molar-refractivity contribution in [2.24, 2.45) is 0 Å². The molecule has 2 heterocycles. The molecule has 3 atom stereocenters. The van der Waals surface area contributed by atoms with E-state index < -0.39 is 36.8 Å². The van der Waals surface area contributed by atoms with Crippen LogP contribution in [-0.4, -0.2) is 74.2 Å². The number of carbonyl (C=O) groups is 3. The second-order valence-corrected chi connectivity index (χ2v) is 10.7. The van der Waals surface area contributed by atoms with E-state index in [1.807, 2.05) is 72.8 Å². The Balaban J connectivity index is 1.34. The first-order chi connectivity index (χ1) is 20.4. The lowest BCUT2D eigenvalue weighted by atomic mass is 9.98. The van der Waals surface area contributed by atoms with Crippen LogP contribution < -0.4 is 5.32 Å². The monoisotopic (exact) mass is 564 g/mol. The maximum atomic E-state index is 14.1. The summed E-state index contributed by atoms with van der Waals surface area (Å²) < 4.78 is 0. The Labute approximate surface area is 243 Å². The van der Waals surface area contributed by atoms with E-state index in [-0.39, 0.29) is 31.2 Å². The van der Waals surface area contributed by atoms with Gasteiger partial charge in [-0.15, -0.1) is 0 Å². The van der Waals surface area contributed by atoms with Gasteiger partial charge in [0.2, 0.25) is 11.8 Å². The number of aliphatic hydroxyl groups is 1. The van der Waals surface area contributed by atoms with Crippen molar-refractivity contribution in [1.29, 1.82) is 0 Å². The number of aromatic hydroxyl groups is 1. The number of rotatable bonds is 7. The Morgan fingerprint density at radius 2 is 1.52 bits per heavy atom. The van der Waals surface area contributed by atoms with Gasteiger partial charge in [0.15, 0.2) is 0 Å². The Morgan fingerprint density at radius 3 is 2.29 bits per heavy atom. The number of aliphatic hydroxyl groups excluding tert-OH is 1. The molecule has 4 amide bonds. The van der Waals surface area contributed by atoms with E-state index in [0.717, 1.165) is 27.5 Å². The zero-order chi connectivity index (χ0) is 29.2. The third-order valence-corrected chi connectivity index (χ3v) is 8.13. The van der Waals surface area contributed by atoms with Gasteiger partial charge in [-0.1, -0.05) is 84.9 Å². The van der Waals surface area contributed by atoms with Gasteiger partial charge in [-0.05, 0) is 39.6 Å². The Hall–Kier alpha value is -4.89. The number of fused-ring (bicyclic) bond motifs is 2. The van der Waals surface area contributed by atoms with E-state index in [2.05, 4.69) is 5.32 Å². The molecule has 2 saturated heterocycles. The largest absolute Gasteiger partial charge is 0.508 e. The highest BCUT2D eigenvalue weighted by atomic mass is 16.3. The summed E-state index contributed by atoms with van der Waals surface area (Å²) in [5, 5.41) is 25.0. The zero-order valence-corrected chi connectivity index (χ0v) is 23.0. The SMILES string of the molecule is O=C1[C@H](Cc2ccc(O)cc2)N2C(=O)[C@H](CO)N(C(=O)NCc3ccccc3)[C@H]2CN1Cc1cccc2ccccc12. The number of nitrogens with one attached hydrogen (secondary N) is 1. The minimum Gasteiger partial charge on any atom is -0.508 e. The summed E-state index contributed by atoms with van der Waals surface area (Å²) in [6.07, 6.45) is -0.564. The van der Waals surface area contributed by atoms with Crippen LogP contribution in [0.4, 0.5) is 4.79 Å². The lowest BCUT2D eigenvalue weighted by Crippen LogP contribution is -2.64. The van der Waals surface area contributed by atoms with Crippen LogP contribution >= 0.6 is 0 Å². The number of hydrogen-bond donors (Lipinski definition) is 3. The number of piperazine rings is 1. The van der Waals surface area contributed by atoms with Crippen molar-refractivity contribution >= 4 is 28.6 Å². The van der Waals surface area contributed by atoms with E-state index in [1.165, 1.54) is 9.80 Å². The van der Waals surface area contributed by atoms with Crippen molar-refractivity contribution in [2.45, 2.75) is 37.8 Å². The molecule has 3 N–H and O–H groups in total. The quantitative estimate of drug-likeness (QED) is 0.319. The number of phenolic OH excluding ortho intramolecular Hbond substituents is 1. The summed E-state index contributed by atoms with van der Waals surface area (Å²) in [6.45, 7) is 0.0992. The fourth-order valence-electron chi connectivity index (χ4n) is 6.06. The molecule has 9 heteroatoms. The highest BCUT2D eigenvalue weighted by Gasteiger charge is 2.55. The predicted molar refractivity (Wildman–Crippen MR) is 157 cm³/mol. The summed E-state index contributed by atoms with van der Waals surface area (Å²) in [5.74, 6) is -0.592. The van der Waals surface area contributed by atoms with Gasteiger partial charge in [0.05, 0.1) is 13.2 Å². The van der Waals surface area contributed by atoms with Gasteiger partial charge in [-0.3, -0.25) is 14.5 Å². The molecule has 2 fully saturated rings. The molecule has 4 aromatic carbocycles. The normalized spacial score (nSPS) is 20.2. The first kappa shape index (κ1) is 27.3. The first-order valence-electron chi connectivity index (χ1n) is 14.0. The Morgan fingerprint density at radius 1 is 0.810 bits per heavy atom. The number of carbonyl (C=O) groups excluding carboxylic acids is 3. The van der Waals surface area contributed by atoms with E-state index >= 15 is 0 Å². The molecule has 0 unspecified atom stereocenters. The maximum Gasteiger partial charge on any atom is 0.320 e. The maximum absolute atomic E-state index is 14.1. The Kier molecular flexibility index (Phi) is 7.50. The molecule has 0 bridgehead atoms. The van der Waals surface area contributed by atoms with Crippen LogP contribution in [-0.2, 0) is 29.1 Å². The summed E-state index contributed by atoms with van der Waals surface area (Å²) in [5.41, 5.74) is 2.62. The average molecular weight is 565 g/mol. The predicted octanol–water partition coefficient (Wildman–Crippen LogP) is 3.24. The van der Waals surface area contributed by atoms with Gasteiger partial charge in [0.25, 0.3) is 0 Å². The third-order valence-electron chi connectivity index (χ3n) is 8.13. The van der Waals surface area contributed by atoms with Crippen molar-refractivity contribution < 1.29 is 24.6 Å². The van der Waals surface area contributed by atoms with Crippen LogP contribution in [0.25, 0.3) is 10.8 Å². The van der Waals surface area contributed by atoms with Crippen molar-refractivity contribution in [3.05, 3.63) is 114 Å². The fraction of sp³-hybridized carbons (Fsp3) is 0.242. The number of hydrogen-bond acceptors (Lipinski definition) is 5. The molecular formula is C33H32N4O5. The van der Waals surface area contributed by atoms with Crippen LogP contribution in [0.2, 0.25) is 0 Å². The van der Waals surface area contributed by atoms with Gasteiger partial charge in [-0.2, -0.15) is 0 Å². The molecule has 0 saturated carbocycles. The summed E-state index contributed by atoms with van der Waals surface area (Å²) in [6, 6.07) is 27.4. The molecule has 2 aliphatic rings. The minimum absolute atomic E-state index is 0.100. The topological polar surface area (TPSA) is 113 Å². The van der Waals surface area contributed by atoms with Gasteiger partial charge in [-0.25, -0.2) is 4.79 Å². The number of benzene rings is 4. The van der Waals surface area contributed by atoms with Crippen LogP contribution in [0, 0.1) is 0 Å². The first-order valence-corrected chi connectivity index (χ1v) is 14.0. The molecule has 2 aliphatic heterocycles. The van der Waals surface area contributed by atoms with Gasteiger partial charge in [0, 0.05) is 19.5 Å². The molecule has 4 aromatic rings. The number of phenols is 1. The fourth-order valence-corrected chi connectivity index (χ4v) is 6.06. The molecule has 0 radical (unpaired) electrons. The van der Waals surface area contributed by atoms with Gasteiger partial charge in [0.1, 0.15) is 24.0 Å². The van der Waals surface area contributed by atoms with Gasteiger partial charge >= 0.3 is 6.03 Å².